The number of aliphatic imine (C=N–C) groups is 3. The van der Waals surface area contributed by atoms with Crippen molar-refractivity contribution < 1.29 is 13.1 Å². The van der Waals surface area contributed by atoms with Gasteiger partial charge in [-0.05, 0) is 77.6 Å². The Kier molecular flexibility index (Phi) is 9.91. The van der Waals surface area contributed by atoms with Gasteiger partial charge in [0.1, 0.15) is 0 Å². The average Bonchev–Trinajstić information content (AvgIpc) is 3.18. The molecule has 2 aromatic carbocycles. The molecule has 0 radical (unpaired) electrons. The van der Waals surface area contributed by atoms with E-state index in [1.807, 2.05) is 6.92 Å². The zero-order valence-electron chi connectivity index (χ0n) is 20.0. The van der Waals surface area contributed by atoms with Crippen molar-refractivity contribution in [1.29, 1.82) is 0 Å². The predicted octanol–water partition coefficient (Wildman–Crippen LogP) is 8.53. The number of benzene rings is 2. The minimum absolute atomic E-state index is 0.194. The van der Waals surface area contributed by atoms with Gasteiger partial charge in [-0.25, -0.2) is 4.99 Å². The second-order valence-corrected chi connectivity index (χ2v) is 10.1. The Morgan fingerprint density at radius 1 is 0.750 bits per heavy atom. The number of halogens is 2. The third kappa shape index (κ3) is 6.89. The molecule has 0 aliphatic carbocycles. The quantitative estimate of drug-likeness (QED) is 0.291. The molecule has 2 aromatic rings. The summed E-state index contributed by atoms with van der Waals surface area (Å²) < 4.78 is 0. The van der Waals surface area contributed by atoms with Crippen LogP contribution in [-0.4, -0.2) is 17.1 Å². The van der Waals surface area contributed by atoms with Crippen molar-refractivity contribution in [2.45, 2.75) is 61.8 Å². The monoisotopic (exact) mass is 511 g/mol. The van der Waals surface area contributed by atoms with E-state index in [0.717, 1.165) is 40.6 Å². The predicted molar refractivity (Wildman–Crippen MR) is 139 cm³/mol. The zero-order chi connectivity index (χ0) is 24.0. The number of allylic oxidation sites excluding steroid dienone is 2. The van der Waals surface area contributed by atoms with E-state index in [-0.39, 0.29) is 13.1 Å². The molecule has 0 unspecified atom stereocenters. The van der Waals surface area contributed by atoms with Crippen LogP contribution in [0.25, 0.3) is 0 Å². The van der Waals surface area contributed by atoms with Gasteiger partial charge in [-0.3, -0.25) is 9.98 Å². The van der Waals surface area contributed by atoms with E-state index in [1.54, 1.807) is 0 Å². The third-order valence-electron chi connectivity index (χ3n) is 5.36. The van der Waals surface area contributed by atoms with Crippen molar-refractivity contribution in [3.63, 3.8) is 0 Å². The SMILES string of the molecule is CC(=Nc1c(C)cc(C)cc1C)C1=CCC(C(C)=Nc2c(C)cc(C)cc2C)=N1.[Cl][Fe][Cl]. The fourth-order valence-electron chi connectivity index (χ4n) is 4.04. The van der Waals surface area contributed by atoms with Gasteiger partial charge >= 0.3 is 33.3 Å². The molecule has 1 aliphatic rings. The van der Waals surface area contributed by atoms with Crippen LogP contribution in [0.2, 0.25) is 0 Å². The molecule has 0 spiro atoms. The van der Waals surface area contributed by atoms with E-state index in [0.29, 0.717) is 0 Å². The van der Waals surface area contributed by atoms with Crippen molar-refractivity contribution in [3.8, 4) is 0 Å². The number of hydrogen-bond donors (Lipinski definition) is 0. The Morgan fingerprint density at radius 3 is 1.53 bits per heavy atom. The molecule has 0 fully saturated rings. The number of aryl methyl sites for hydroxylation is 6. The van der Waals surface area contributed by atoms with Crippen molar-refractivity contribution in [2.24, 2.45) is 15.0 Å². The fourth-order valence-corrected chi connectivity index (χ4v) is 4.04. The molecule has 1 heterocycles. The molecular formula is C26H31Cl2FeN3. The average molecular weight is 512 g/mol. The van der Waals surface area contributed by atoms with Crippen LogP contribution >= 0.6 is 20.2 Å². The first kappa shape index (κ1) is 26.5. The summed E-state index contributed by atoms with van der Waals surface area (Å²) in [6.07, 6.45) is 2.95. The summed E-state index contributed by atoms with van der Waals surface area (Å²) in [5.41, 5.74) is 13.4. The van der Waals surface area contributed by atoms with E-state index in [4.69, 9.17) is 35.2 Å². The van der Waals surface area contributed by atoms with Crippen LogP contribution < -0.4 is 0 Å². The van der Waals surface area contributed by atoms with Crippen LogP contribution in [0.15, 0.2) is 51.0 Å². The summed E-state index contributed by atoms with van der Waals surface area (Å²) in [7, 11) is 9.53. The van der Waals surface area contributed by atoms with Crippen LogP contribution in [0.3, 0.4) is 0 Å². The second kappa shape index (κ2) is 11.9. The number of rotatable bonds is 4. The van der Waals surface area contributed by atoms with Crippen molar-refractivity contribution in [1.82, 2.24) is 0 Å². The third-order valence-corrected chi connectivity index (χ3v) is 5.36. The van der Waals surface area contributed by atoms with Gasteiger partial charge in [-0.1, -0.05) is 41.5 Å². The van der Waals surface area contributed by atoms with E-state index < -0.39 is 0 Å². The molecule has 1 aliphatic heterocycles. The zero-order valence-corrected chi connectivity index (χ0v) is 22.7. The van der Waals surface area contributed by atoms with Gasteiger partial charge in [0.15, 0.2) is 0 Å². The van der Waals surface area contributed by atoms with Crippen LogP contribution in [0.5, 0.6) is 0 Å². The summed E-state index contributed by atoms with van der Waals surface area (Å²) in [6.45, 7) is 16.8. The van der Waals surface area contributed by atoms with Gasteiger partial charge in [-0.2, -0.15) is 0 Å². The first-order valence-electron chi connectivity index (χ1n) is 10.5. The fraction of sp³-hybridized carbons (Fsp3) is 0.346. The molecule has 3 nitrogen and oxygen atoms in total. The number of nitrogens with zero attached hydrogens (tertiary/aromatic N) is 3. The molecule has 0 aromatic heterocycles. The van der Waals surface area contributed by atoms with Gasteiger partial charge in [0.05, 0.1) is 34.2 Å². The summed E-state index contributed by atoms with van der Waals surface area (Å²) in [5, 5.41) is 0. The molecule has 0 saturated carbocycles. The van der Waals surface area contributed by atoms with Crippen LogP contribution in [0.4, 0.5) is 11.4 Å². The van der Waals surface area contributed by atoms with Gasteiger partial charge < -0.3 is 0 Å². The summed E-state index contributed by atoms with van der Waals surface area (Å²) in [6, 6.07) is 8.73. The summed E-state index contributed by atoms with van der Waals surface area (Å²) >= 11 is 0.194. The molecule has 0 atom stereocenters. The van der Waals surface area contributed by atoms with E-state index in [9.17, 15) is 0 Å². The molecule has 6 heteroatoms. The Balaban J connectivity index is 0.00000114. The van der Waals surface area contributed by atoms with Crippen LogP contribution in [0, 0.1) is 41.5 Å². The van der Waals surface area contributed by atoms with Gasteiger partial charge in [-0.15, -0.1) is 0 Å². The maximum atomic E-state index is 4.91. The van der Waals surface area contributed by atoms with E-state index in [2.05, 4.69) is 78.8 Å². The molecule has 0 N–H and O–H groups in total. The minimum atomic E-state index is 0.194. The molecule has 0 amide bonds. The van der Waals surface area contributed by atoms with E-state index in [1.165, 1.54) is 33.4 Å². The molecular weight excluding hydrogens is 481 g/mol. The maximum absolute atomic E-state index is 4.91. The van der Waals surface area contributed by atoms with Crippen LogP contribution in [-0.2, 0) is 13.1 Å². The van der Waals surface area contributed by atoms with Crippen molar-refractivity contribution in [3.05, 3.63) is 69.4 Å². The normalized spacial score (nSPS) is 14.2. The molecule has 3 rings (SSSR count). The number of hydrogen-bond acceptors (Lipinski definition) is 3. The van der Waals surface area contributed by atoms with Gasteiger partial charge in [0.25, 0.3) is 0 Å². The Bertz CT molecular complexity index is 1080. The molecule has 32 heavy (non-hydrogen) atoms. The van der Waals surface area contributed by atoms with Gasteiger partial charge in [0, 0.05) is 6.42 Å². The Morgan fingerprint density at radius 2 is 1.12 bits per heavy atom. The molecule has 172 valence electrons. The second-order valence-electron chi connectivity index (χ2n) is 8.29. The van der Waals surface area contributed by atoms with Gasteiger partial charge in [0.2, 0.25) is 0 Å². The first-order chi connectivity index (χ1) is 15.1. The first-order valence-corrected chi connectivity index (χ1v) is 13.5. The Labute approximate surface area is 207 Å². The molecule has 0 bridgehead atoms. The van der Waals surface area contributed by atoms with Crippen molar-refractivity contribution >= 4 is 48.7 Å². The summed E-state index contributed by atoms with van der Waals surface area (Å²) in [5.74, 6) is 0. The van der Waals surface area contributed by atoms with E-state index >= 15 is 0 Å². The summed E-state index contributed by atoms with van der Waals surface area (Å²) in [4.78, 5) is 14.7. The standard InChI is InChI=1S/C26H31N3.2ClH.Fe/c1-15-11-17(3)25(18(4)12-15)27-21(7)23-9-10-24(29-23)22(8)28-26-19(5)13-16(2)14-20(26)6;;;/h9,11-14H,10H2,1-8H3;2*1H;/q;;;+2/p-2. The van der Waals surface area contributed by atoms with Crippen molar-refractivity contribution in [2.75, 3.05) is 0 Å². The van der Waals surface area contributed by atoms with Crippen LogP contribution in [0.1, 0.15) is 53.6 Å². The Hall–Kier alpha value is -1.71. The molecule has 0 saturated heterocycles. The topological polar surface area (TPSA) is 37.1 Å².